The molecule has 1 atom stereocenters. The Hall–Kier alpha value is -1.93. The minimum absolute atomic E-state index is 0.143. The molecule has 1 aromatic rings. The van der Waals surface area contributed by atoms with Crippen LogP contribution in [-0.4, -0.2) is 48.8 Å². The van der Waals surface area contributed by atoms with Crippen LogP contribution in [0, 0.1) is 5.92 Å². The second-order valence-corrected chi connectivity index (χ2v) is 8.46. The molecule has 8 heteroatoms. The number of hydrogen-bond acceptors (Lipinski definition) is 4. The Bertz CT molecular complexity index is 722. The highest BCUT2D eigenvalue weighted by Crippen LogP contribution is 2.21. The standard InChI is InChI=1S/C17H24N2O5S/c1-12(2)15(17(21)22)18-16(20)13-6-8-14(9-7-13)25(23,24)19-10-4-3-5-11-19/h6-9,12,15H,3-5,10-11H2,1-2H3,(H,18,20)(H,21,22)/t15-/m1/s1. The van der Waals surface area contributed by atoms with Crippen molar-refractivity contribution in [3.05, 3.63) is 29.8 Å². The number of benzene rings is 1. The smallest absolute Gasteiger partial charge is 0.326 e. The molecule has 0 spiro atoms. The molecule has 138 valence electrons. The number of nitrogens with zero attached hydrogens (tertiary/aromatic N) is 1. The van der Waals surface area contributed by atoms with Crippen LogP contribution in [0.5, 0.6) is 0 Å². The molecule has 0 radical (unpaired) electrons. The second kappa shape index (κ2) is 7.97. The van der Waals surface area contributed by atoms with Crippen LogP contribution in [0.15, 0.2) is 29.2 Å². The van der Waals surface area contributed by atoms with E-state index in [4.69, 9.17) is 5.11 Å². The lowest BCUT2D eigenvalue weighted by Crippen LogP contribution is -2.44. The predicted octanol–water partition coefficient (Wildman–Crippen LogP) is 1.70. The first kappa shape index (κ1) is 19.4. The number of rotatable bonds is 6. The number of nitrogens with one attached hydrogen (secondary N) is 1. The number of carboxylic acid groups (broad SMARTS) is 1. The van der Waals surface area contributed by atoms with Crippen LogP contribution in [0.1, 0.15) is 43.5 Å². The van der Waals surface area contributed by atoms with E-state index in [0.717, 1.165) is 19.3 Å². The van der Waals surface area contributed by atoms with Crippen LogP contribution in [-0.2, 0) is 14.8 Å². The molecule has 0 bridgehead atoms. The van der Waals surface area contributed by atoms with Crippen LogP contribution < -0.4 is 5.32 Å². The number of sulfonamides is 1. The highest BCUT2D eigenvalue weighted by molar-refractivity contribution is 7.89. The predicted molar refractivity (Wildman–Crippen MR) is 92.8 cm³/mol. The van der Waals surface area contributed by atoms with Crippen molar-refractivity contribution in [2.45, 2.75) is 44.0 Å². The van der Waals surface area contributed by atoms with E-state index in [1.54, 1.807) is 13.8 Å². The van der Waals surface area contributed by atoms with E-state index in [2.05, 4.69) is 5.32 Å². The maximum atomic E-state index is 12.6. The number of hydrogen-bond donors (Lipinski definition) is 2. The van der Waals surface area contributed by atoms with Crippen LogP contribution in [0.3, 0.4) is 0 Å². The van der Waals surface area contributed by atoms with Crippen molar-refractivity contribution in [1.29, 1.82) is 0 Å². The minimum atomic E-state index is -3.55. The number of carbonyl (C=O) groups excluding carboxylic acids is 1. The monoisotopic (exact) mass is 368 g/mol. The Morgan fingerprint density at radius 3 is 2.12 bits per heavy atom. The van der Waals surface area contributed by atoms with Crippen LogP contribution in [0.4, 0.5) is 0 Å². The van der Waals surface area contributed by atoms with Gasteiger partial charge >= 0.3 is 5.97 Å². The van der Waals surface area contributed by atoms with E-state index in [9.17, 15) is 18.0 Å². The summed E-state index contributed by atoms with van der Waals surface area (Å²) in [5.74, 6) is -1.91. The molecule has 7 nitrogen and oxygen atoms in total. The van der Waals surface area contributed by atoms with Gasteiger partial charge in [-0.2, -0.15) is 4.31 Å². The van der Waals surface area contributed by atoms with Crippen LogP contribution in [0.2, 0.25) is 0 Å². The van der Waals surface area contributed by atoms with Crippen molar-refractivity contribution < 1.29 is 23.1 Å². The lowest BCUT2D eigenvalue weighted by molar-refractivity contribution is -0.140. The fraction of sp³-hybridized carbons (Fsp3) is 0.529. The Morgan fingerprint density at radius 2 is 1.64 bits per heavy atom. The molecule has 0 unspecified atom stereocenters. The summed E-state index contributed by atoms with van der Waals surface area (Å²) >= 11 is 0. The molecular formula is C17H24N2O5S. The van der Waals surface area contributed by atoms with Crippen LogP contribution >= 0.6 is 0 Å². The molecule has 0 aromatic heterocycles. The Balaban J connectivity index is 2.13. The number of carboxylic acids is 1. The summed E-state index contributed by atoms with van der Waals surface area (Å²) in [6, 6.07) is 4.61. The van der Waals surface area contributed by atoms with E-state index in [1.165, 1.54) is 28.6 Å². The van der Waals surface area contributed by atoms with Crippen molar-refractivity contribution in [3.8, 4) is 0 Å². The van der Waals surface area contributed by atoms with Gasteiger partial charge in [-0.3, -0.25) is 4.79 Å². The molecule has 0 saturated carbocycles. The van der Waals surface area contributed by atoms with Gasteiger partial charge in [0.1, 0.15) is 6.04 Å². The molecule has 1 fully saturated rings. The second-order valence-electron chi connectivity index (χ2n) is 6.52. The van der Waals surface area contributed by atoms with Gasteiger partial charge in [0.05, 0.1) is 4.90 Å². The average Bonchev–Trinajstić information content (AvgIpc) is 2.59. The van der Waals surface area contributed by atoms with E-state index in [0.29, 0.717) is 13.1 Å². The molecule has 1 aromatic carbocycles. The molecule has 1 aliphatic rings. The van der Waals surface area contributed by atoms with Gasteiger partial charge in [0.2, 0.25) is 10.0 Å². The van der Waals surface area contributed by atoms with Gasteiger partial charge in [0.25, 0.3) is 5.91 Å². The average molecular weight is 368 g/mol. The quantitative estimate of drug-likeness (QED) is 0.795. The zero-order valence-electron chi connectivity index (χ0n) is 14.4. The molecular weight excluding hydrogens is 344 g/mol. The normalized spacial score (nSPS) is 17.2. The first-order valence-corrected chi connectivity index (χ1v) is 9.81. The highest BCUT2D eigenvalue weighted by atomic mass is 32.2. The molecule has 2 N–H and O–H groups in total. The molecule has 25 heavy (non-hydrogen) atoms. The lowest BCUT2D eigenvalue weighted by Gasteiger charge is -2.25. The zero-order chi connectivity index (χ0) is 18.6. The summed E-state index contributed by atoms with van der Waals surface area (Å²) in [6.07, 6.45) is 2.74. The maximum absolute atomic E-state index is 12.6. The molecule has 1 saturated heterocycles. The largest absolute Gasteiger partial charge is 0.480 e. The number of carbonyl (C=O) groups is 2. The third kappa shape index (κ3) is 4.58. The first-order valence-electron chi connectivity index (χ1n) is 8.37. The topological polar surface area (TPSA) is 104 Å². The Kier molecular flexibility index (Phi) is 6.18. The molecule has 1 heterocycles. The van der Waals surface area contributed by atoms with Gasteiger partial charge in [-0.05, 0) is 43.0 Å². The number of aliphatic carboxylic acids is 1. The summed E-state index contributed by atoms with van der Waals surface area (Å²) < 4.78 is 26.6. The molecule has 1 amide bonds. The fourth-order valence-electron chi connectivity index (χ4n) is 2.77. The first-order chi connectivity index (χ1) is 11.7. The van der Waals surface area contributed by atoms with Crippen molar-refractivity contribution in [3.63, 3.8) is 0 Å². The SMILES string of the molecule is CC(C)[C@@H](NC(=O)c1ccc(S(=O)(=O)N2CCCCC2)cc1)C(=O)O. The highest BCUT2D eigenvalue weighted by Gasteiger charge is 2.27. The van der Waals surface area contributed by atoms with Crippen molar-refractivity contribution in [1.82, 2.24) is 9.62 Å². The molecule has 1 aliphatic heterocycles. The summed E-state index contributed by atoms with van der Waals surface area (Å²) in [4.78, 5) is 23.5. The number of piperidine rings is 1. The Labute approximate surface area is 148 Å². The lowest BCUT2D eigenvalue weighted by atomic mass is 10.0. The summed E-state index contributed by atoms with van der Waals surface area (Å²) in [6.45, 7) is 4.43. The van der Waals surface area contributed by atoms with E-state index in [1.807, 2.05) is 0 Å². The molecule has 2 rings (SSSR count). The fourth-order valence-corrected chi connectivity index (χ4v) is 4.29. The van der Waals surface area contributed by atoms with Crippen LogP contribution in [0.25, 0.3) is 0 Å². The van der Waals surface area contributed by atoms with Gasteiger partial charge in [-0.25, -0.2) is 13.2 Å². The van der Waals surface area contributed by atoms with Gasteiger partial charge in [-0.1, -0.05) is 20.3 Å². The van der Waals surface area contributed by atoms with Gasteiger partial charge < -0.3 is 10.4 Å². The molecule has 0 aliphatic carbocycles. The summed E-state index contributed by atoms with van der Waals surface area (Å²) in [7, 11) is -3.55. The minimum Gasteiger partial charge on any atom is -0.480 e. The van der Waals surface area contributed by atoms with Crippen molar-refractivity contribution in [2.24, 2.45) is 5.92 Å². The van der Waals surface area contributed by atoms with Gasteiger partial charge in [0.15, 0.2) is 0 Å². The van der Waals surface area contributed by atoms with E-state index >= 15 is 0 Å². The number of amides is 1. The van der Waals surface area contributed by atoms with Gasteiger partial charge in [0, 0.05) is 18.7 Å². The third-order valence-corrected chi connectivity index (χ3v) is 6.20. The van der Waals surface area contributed by atoms with Gasteiger partial charge in [-0.15, -0.1) is 0 Å². The van der Waals surface area contributed by atoms with E-state index in [-0.39, 0.29) is 16.4 Å². The van der Waals surface area contributed by atoms with E-state index < -0.39 is 27.9 Å². The summed E-state index contributed by atoms with van der Waals surface area (Å²) in [5, 5.41) is 11.6. The van der Waals surface area contributed by atoms with Crippen molar-refractivity contribution >= 4 is 21.9 Å². The Morgan fingerprint density at radius 1 is 1.08 bits per heavy atom. The zero-order valence-corrected chi connectivity index (χ0v) is 15.3. The summed E-state index contributed by atoms with van der Waals surface area (Å²) in [5.41, 5.74) is 0.226. The maximum Gasteiger partial charge on any atom is 0.326 e. The third-order valence-electron chi connectivity index (χ3n) is 4.29. The van der Waals surface area contributed by atoms with Crippen molar-refractivity contribution in [2.75, 3.05) is 13.1 Å².